The summed E-state index contributed by atoms with van der Waals surface area (Å²) in [6.07, 6.45) is 8.85. The van der Waals surface area contributed by atoms with E-state index in [4.69, 9.17) is 5.26 Å². The summed E-state index contributed by atoms with van der Waals surface area (Å²) in [4.78, 5) is 12.4. The summed E-state index contributed by atoms with van der Waals surface area (Å²) in [6, 6.07) is 8.45. The van der Waals surface area contributed by atoms with Gasteiger partial charge in [-0.15, -0.1) is 0 Å². The number of nitriles is 1. The van der Waals surface area contributed by atoms with Gasteiger partial charge >= 0.3 is 0 Å². The van der Waals surface area contributed by atoms with Crippen molar-refractivity contribution >= 4 is 5.95 Å². The molecule has 21 heavy (non-hydrogen) atoms. The second-order valence-corrected chi connectivity index (χ2v) is 5.26. The van der Waals surface area contributed by atoms with E-state index in [2.05, 4.69) is 32.4 Å². The molecule has 2 heterocycles. The number of fused-ring (bicyclic) bond motifs is 1. The molecule has 5 heteroatoms. The average Bonchev–Trinajstić information content (AvgIpc) is 2.91. The minimum atomic E-state index is 0.349. The smallest absolute Gasteiger partial charge is 0.223 e. The van der Waals surface area contributed by atoms with Crippen LogP contribution in [0.15, 0.2) is 30.6 Å². The third-order valence-electron chi connectivity index (χ3n) is 3.63. The van der Waals surface area contributed by atoms with Crippen LogP contribution in [0.25, 0.3) is 11.3 Å². The fraction of sp³-hybridized carbons (Fsp3) is 0.375. The Hall–Kier alpha value is -2.48. The molecule has 0 spiro atoms. The van der Waals surface area contributed by atoms with Gasteiger partial charge in [-0.3, -0.25) is 4.98 Å². The van der Waals surface area contributed by atoms with E-state index in [-0.39, 0.29) is 0 Å². The third-order valence-corrected chi connectivity index (χ3v) is 3.63. The van der Waals surface area contributed by atoms with Crippen molar-refractivity contribution in [2.24, 2.45) is 0 Å². The Kier molecular flexibility index (Phi) is 4.06. The lowest BCUT2D eigenvalue weighted by Gasteiger charge is -2.11. The van der Waals surface area contributed by atoms with Crippen LogP contribution in [0.3, 0.4) is 0 Å². The Morgan fingerprint density at radius 1 is 1.19 bits per heavy atom. The molecular weight excluding hydrogens is 262 g/mol. The Morgan fingerprint density at radius 3 is 2.57 bits per heavy atom. The van der Waals surface area contributed by atoms with Gasteiger partial charge < -0.3 is 5.32 Å². The minimum Gasteiger partial charge on any atom is -0.351 e. The van der Waals surface area contributed by atoms with Gasteiger partial charge in [0.25, 0.3) is 0 Å². The summed E-state index contributed by atoms with van der Waals surface area (Å²) in [6.45, 7) is 0. The molecule has 4 rings (SSSR count). The van der Waals surface area contributed by atoms with Crippen molar-refractivity contribution in [3.8, 4) is 17.3 Å². The van der Waals surface area contributed by atoms with E-state index in [1.807, 2.05) is 12.3 Å². The number of hydrogen-bond acceptors (Lipinski definition) is 5. The number of hydrogen-bond donors (Lipinski definition) is 1. The molecule has 3 aliphatic rings. The maximum atomic E-state index is 8.56. The molecule has 0 amide bonds. The van der Waals surface area contributed by atoms with Crippen LogP contribution >= 0.6 is 0 Å². The van der Waals surface area contributed by atoms with Crippen molar-refractivity contribution in [1.29, 1.82) is 5.26 Å². The Balaban J connectivity index is 0.000000180. The van der Waals surface area contributed by atoms with Crippen molar-refractivity contribution < 1.29 is 0 Å². The Bertz CT molecular complexity index is 638. The zero-order valence-electron chi connectivity index (χ0n) is 11.8. The van der Waals surface area contributed by atoms with Crippen LogP contribution < -0.4 is 5.32 Å². The van der Waals surface area contributed by atoms with E-state index >= 15 is 0 Å². The monoisotopic (exact) mass is 279 g/mol. The first kappa shape index (κ1) is 13.5. The molecule has 106 valence electrons. The molecule has 0 saturated heterocycles. The molecule has 0 unspecified atom stereocenters. The highest BCUT2D eigenvalue weighted by atomic mass is 15.1. The van der Waals surface area contributed by atoms with E-state index in [0.717, 1.165) is 5.69 Å². The summed E-state index contributed by atoms with van der Waals surface area (Å²) < 4.78 is 0. The van der Waals surface area contributed by atoms with Crippen LogP contribution in [0, 0.1) is 11.3 Å². The Morgan fingerprint density at radius 2 is 2.00 bits per heavy atom. The lowest BCUT2D eigenvalue weighted by molar-refractivity contribution is 0.742. The molecule has 1 N–H and O–H groups in total. The topological polar surface area (TPSA) is 74.5 Å². The molecule has 1 aliphatic heterocycles. The second-order valence-electron chi connectivity index (χ2n) is 5.26. The molecule has 2 aliphatic carbocycles. The predicted molar refractivity (Wildman–Crippen MR) is 80.5 cm³/mol. The molecule has 0 radical (unpaired) electrons. The van der Waals surface area contributed by atoms with Gasteiger partial charge in [-0.2, -0.15) is 5.26 Å². The van der Waals surface area contributed by atoms with Gasteiger partial charge in [-0.25, -0.2) is 9.97 Å². The van der Waals surface area contributed by atoms with Gasteiger partial charge in [0.1, 0.15) is 0 Å². The summed E-state index contributed by atoms with van der Waals surface area (Å²) in [5, 5.41) is 11.9. The van der Waals surface area contributed by atoms with Gasteiger partial charge in [-0.1, -0.05) is 12.8 Å². The molecule has 0 aromatic carbocycles. The molecular formula is C16H17N5. The quantitative estimate of drug-likeness (QED) is 0.797. The zero-order chi connectivity index (χ0) is 14.5. The second kappa shape index (κ2) is 6.31. The zero-order valence-corrected chi connectivity index (χ0v) is 11.8. The number of nitrogens with one attached hydrogen (secondary N) is 1. The standard InChI is InChI=1S/C11H14N4.C5H3N/c12-7-5-10-6-8-13-11(15-10)14-9-3-1-2-4-9;1-2-6-5-3-4(1)5/h6,8-9H,1-5H2,(H,13,14,15);1-3H. The minimum absolute atomic E-state index is 0.349. The fourth-order valence-electron chi connectivity index (χ4n) is 2.45. The third kappa shape index (κ3) is 3.76. The normalized spacial score (nSPS) is 14.8. The van der Waals surface area contributed by atoms with Gasteiger partial charge in [0.2, 0.25) is 5.95 Å². The number of aromatic nitrogens is 3. The predicted octanol–water partition coefficient (Wildman–Crippen LogP) is 2.96. The molecule has 1 saturated carbocycles. The van der Waals surface area contributed by atoms with Crippen LogP contribution in [0.5, 0.6) is 0 Å². The highest BCUT2D eigenvalue weighted by Gasteiger charge is 2.15. The number of anilines is 1. The van der Waals surface area contributed by atoms with Gasteiger partial charge in [0.05, 0.1) is 23.9 Å². The largest absolute Gasteiger partial charge is 0.351 e. The first-order chi connectivity index (χ1) is 10.3. The first-order valence-electron chi connectivity index (χ1n) is 7.27. The van der Waals surface area contributed by atoms with Crippen molar-refractivity contribution in [2.45, 2.75) is 38.1 Å². The van der Waals surface area contributed by atoms with E-state index < -0.39 is 0 Å². The summed E-state index contributed by atoms with van der Waals surface area (Å²) in [7, 11) is 0. The lowest BCUT2D eigenvalue weighted by atomic mass is 10.2. The van der Waals surface area contributed by atoms with Crippen LogP contribution in [-0.2, 0) is 6.42 Å². The van der Waals surface area contributed by atoms with E-state index in [9.17, 15) is 0 Å². The summed E-state index contributed by atoms with van der Waals surface area (Å²) >= 11 is 0. The van der Waals surface area contributed by atoms with Gasteiger partial charge in [0.15, 0.2) is 0 Å². The molecule has 0 atom stereocenters. The molecule has 0 bridgehead atoms. The number of rotatable bonds is 3. The maximum Gasteiger partial charge on any atom is 0.223 e. The molecule has 1 aromatic heterocycles. The lowest BCUT2D eigenvalue weighted by Crippen LogP contribution is -2.16. The van der Waals surface area contributed by atoms with Crippen LogP contribution in [0.2, 0.25) is 0 Å². The molecule has 1 aromatic rings. The summed E-state index contributed by atoms with van der Waals surface area (Å²) in [5.74, 6) is 0.662. The van der Waals surface area contributed by atoms with E-state index in [0.29, 0.717) is 18.4 Å². The van der Waals surface area contributed by atoms with Crippen molar-refractivity contribution in [1.82, 2.24) is 15.0 Å². The van der Waals surface area contributed by atoms with Crippen molar-refractivity contribution in [3.63, 3.8) is 0 Å². The van der Waals surface area contributed by atoms with E-state index in [1.54, 1.807) is 12.3 Å². The molecule has 1 fully saturated rings. The average molecular weight is 279 g/mol. The van der Waals surface area contributed by atoms with Crippen molar-refractivity contribution in [3.05, 3.63) is 36.3 Å². The molecule has 5 nitrogen and oxygen atoms in total. The van der Waals surface area contributed by atoms with Crippen molar-refractivity contribution in [2.75, 3.05) is 5.32 Å². The Labute approximate surface area is 124 Å². The van der Waals surface area contributed by atoms with Crippen LogP contribution in [-0.4, -0.2) is 21.0 Å². The fourth-order valence-corrected chi connectivity index (χ4v) is 2.45. The summed E-state index contributed by atoms with van der Waals surface area (Å²) in [5.41, 5.74) is 3.28. The van der Waals surface area contributed by atoms with E-state index in [1.165, 1.54) is 36.9 Å². The van der Waals surface area contributed by atoms with Crippen LogP contribution in [0.1, 0.15) is 31.4 Å². The highest BCUT2D eigenvalue weighted by Crippen LogP contribution is 2.29. The van der Waals surface area contributed by atoms with Crippen LogP contribution in [0.4, 0.5) is 5.95 Å². The maximum absolute atomic E-state index is 8.56. The number of pyridine rings is 1. The SMILES string of the molecule is N#CCc1ccnc(NC2CCCC2)n1.c1cc2cc-2n1. The van der Waals surface area contributed by atoms with Gasteiger partial charge in [-0.05, 0) is 31.0 Å². The first-order valence-corrected chi connectivity index (χ1v) is 7.27. The number of nitrogens with zero attached hydrogens (tertiary/aromatic N) is 4. The highest BCUT2D eigenvalue weighted by molar-refractivity contribution is 5.75. The van der Waals surface area contributed by atoms with Gasteiger partial charge in [0, 0.05) is 24.0 Å².